The van der Waals surface area contributed by atoms with Gasteiger partial charge in [-0.25, -0.2) is 8.42 Å². The minimum Gasteiger partial charge on any atom is -0.281 e. The number of benzene rings is 3. The van der Waals surface area contributed by atoms with E-state index in [0.717, 1.165) is 11.3 Å². The predicted octanol–water partition coefficient (Wildman–Crippen LogP) is 3.59. The molecule has 144 valence electrons. The topological polar surface area (TPSA) is 66.5 Å². The lowest BCUT2D eigenvalue weighted by Crippen LogP contribution is -2.42. The number of hydrogen-bond acceptors (Lipinski definition) is 4. The number of anilines is 1. The molecule has 0 aliphatic carbocycles. The number of nitrogens with zero attached hydrogens (tertiary/aromatic N) is 1. The summed E-state index contributed by atoms with van der Waals surface area (Å²) in [4.78, 5) is 12.7. The Morgan fingerprint density at radius 3 is 1.93 bits per heavy atom. The Labute approximate surface area is 165 Å². The summed E-state index contributed by atoms with van der Waals surface area (Å²) in [5.41, 5.74) is 4.69. The molecule has 0 radical (unpaired) electrons. The zero-order chi connectivity index (χ0) is 19.8. The maximum atomic E-state index is 12.5. The van der Waals surface area contributed by atoms with Crippen molar-refractivity contribution in [1.82, 2.24) is 5.43 Å². The van der Waals surface area contributed by atoms with Crippen molar-refractivity contribution in [3.05, 3.63) is 96.6 Å². The lowest BCUT2D eigenvalue weighted by molar-refractivity contribution is -0.120. The van der Waals surface area contributed by atoms with Gasteiger partial charge in [0.25, 0.3) is 0 Å². The number of hydrogen-bond donors (Lipinski definition) is 1. The van der Waals surface area contributed by atoms with Gasteiger partial charge in [-0.2, -0.15) is 0 Å². The van der Waals surface area contributed by atoms with E-state index in [-0.39, 0.29) is 23.0 Å². The van der Waals surface area contributed by atoms with Crippen LogP contribution in [0.15, 0.2) is 95.9 Å². The molecule has 0 saturated carbocycles. The van der Waals surface area contributed by atoms with Crippen molar-refractivity contribution in [2.75, 3.05) is 10.8 Å². The van der Waals surface area contributed by atoms with Crippen LogP contribution in [-0.2, 0) is 21.2 Å². The summed E-state index contributed by atoms with van der Waals surface area (Å²) in [6.07, 6.45) is -0.116. The molecule has 0 heterocycles. The largest absolute Gasteiger partial charge is 0.281 e. The third kappa shape index (κ3) is 5.44. The van der Waals surface area contributed by atoms with Crippen LogP contribution in [0.4, 0.5) is 5.69 Å². The molecule has 5 nitrogen and oxygen atoms in total. The maximum Gasteiger partial charge on any atom is 0.239 e. The lowest BCUT2D eigenvalue weighted by atomic mass is 10.2. The number of nitrogens with one attached hydrogen (secondary N) is 1. The molecule has 0 saturated heterocycles. The molecule has 0 aliphatic heterocycles. The first-order valence-electron chi connectivity index (χ1n) is 8.98. The summed E-state index contributed by atoms with van der Waals surface area (Å²) in [5, 5.41) is 1.73. The van der Waals surface area contributed by atoms with Gasteiger partial charge in [0, 0.05) is 6.42 Å². The van der Waals surface area contributed by atoms with Crippen LogP contribution in [0.2, 0.25) is 0 Å². The molecule has 1 N–H and O–H groups in total. The molecule has 0 spiro atoms. The third-order valence-corrected chi connectivity index (χ3v) is 5.94. The Kier molecular flexibility index (Phi) is 6.45. The summed E-state index contributed by atoms with van der Waals surface area (Å²) >= 11 is 0. The van der Waals surface area contributed by atoms with Crippen LogP contribution in [0.1, 0.15) is 12.0 Å². The molecule has 6 heteroatoms. The van der Waals surface area contributed by atoms with Crippen LogP contribution in [0.3, 0.4) is 0 Å². The fourth-order valence-corrected chi connectivity index (χ4v) is 4.01. The van der Waals surface area contributed by atoms with E-state index < -0.39 is 9.84 Å². The molecule has 28 heavy (non-hydrogen) atoms. The highest BCUT2D eigenvalue weighted by Crippen LogP contribution is 2.15. The highest BCUT2D eigenvalue weighted by atomic mass is 32.2. The molecular formula is C22H22N2O3S. The van der Waals surface area contributed by atoms with E-state index in [0.29, 0.717) is 6.54 Å². The first-order valence-corrected chi connectivity index (χ1v) is 10.6. The van der Waals surface area contributed by atoms with Crippen molar-refractivity contribution in [3.8, 4) is 0 Å². The van der Waals surface area contributed by atoms with Crippen LogP contribution in [0.5, 0.6) is 0 Å². The van der Waals surface area contributed by atoms with E-state index in [9.17, 15) is 13.2 Å². The first-order chi connectivity index (χ1) is 13.5. The molecule has 3 aromatic rings. The first kappa shape index (κ1) is 19.6. The normalized spacial score (nSPS) is 11.0. The molecular weight excluding hydrogens is 372 g/mol. The third-order valence-electron chi connectivity index (χ3n) is 4.21. The minimum absolute atomic E-state index is 0.116. The van der Waals surface area contributed by atoms with Gasteiger partial charge in [0.1, 0.15) is 0 Å². The van der Waals surface area contributed by atoms with Crippen molar-refractivity contribution < 1.29 is 13.2 Å². The number of carbonyl (C=O) groups excluding carboxylic acids is 1. The van der Waals surface area contributed by atoms with Crippen molar-refractivity contribution in [2.24, 2.45) is 0 Å². The van der Waals surface area contributed by atoms with Gasteiger partial charge in [-0.15, -0.1) is 0 Å². The van der Waals surface area contributed by atoms with Gasteiger partial charge >= 0.3 is 0 Å². The highest BCUT2D eigenvalue weighted by molar-refractivity contribution is 7.91. The fourth-order valence-electron chi connectivity index (χ4n) is 2.75. The van der Waals surface area contributed by atoms with E-state index in [1.165, 1.54) is 0 Å². The standard InChI is InChI=1S/C22H22N2O3S/c25-22(16-17-28(26,27)21-14-8-3-9-15-21)23-24(20-12-6-2-7-13-20)18-19-10-4-1-5-11-19/h1-15H,16-18H2,(H,23,25). The van der Waals surface area contributed by atoms with E-state index in [1.807, 2.05) is 60.7 Å². The molecule has 0 fully saturated rings. The summed E-state index contributed by atoms with van der Waals surface area (Å²) < 4.78 is 24.8. The van der Waals surface area contributed by atoms with E-state index >= 15 is 0 Å². The van der Waals surface area contributed by atoms with Gasteiger partial charge in [-0.3, -0.25) is 15.2 Å². The second-order valence-electron chi connectivity index (χ2n) is 6.32. The lowest BCUT2D eigenvalue weighted by Gasteiger charge is -2.25. The van der Waals surface area contributed by atoms with Crippen molar-refractivity contribution >= 4 is 21.4 Å². The van der Waals surface area contributed by atoms with Gasteiger partial charge in [-0.1, -0.05) is 66.7 Å². The van der Waals surface area contributed by atoms with E-state index in [2.05, 4.69) is 5.43 Å². The Morgan fingerprint density at radius 2 is 1.32 bits per heavy atom. The van der Waals surface area contributed by atoms with Gasteiger partial charge in [-0.05, 0) is 29.8 Å². The van der Waals surface area contributed by atoms with Gasteiger partial charge in [0.2, 0.25) is 5.91 Å². The molecule has 0 bridgehead atoms. The number of hydrazine groups is 1. The van der Waals surface area contributed by atoms with Gasteiger partial charge in [0.15, 0.2) is 9.84 Å². The van der Waals surface area contributed by atoms with Crippen LogP contribution in [0, 0.1) is 0 Å². The molecule has 1 amide bonds. The summed E-state index contributed by atoms with van der Waals surface area (Å²) in [6.45, 7) is 0.474. The smallest absolute Gasteiger partial charge is 0.239 e. The quantitative estimate of drug-likeness (QED) is 0.593. The Morgan fingerprint density at radius 1 is 0.786 bits per heavy atom. The average Bonchev–Trinajstić information content (AvgIpc) is 2.74. The summed E-state index contributed by atoms with van der Waals surface area (Å²) in [6, 6.07) is 27.4. The summed E-state index contributed by atoms with van der Waals surface area (Å²) in [7, 11) is -3.49. The van der Waals surface area contributed by atoms with Crippen molar-refractivity contribution in [2.45, 2.75) is 17.9 Å². The number of carbonyl (C=O) groups is 1. The van der Waals surface area contributed by atoms with Gasteiger partial charge < -0.3 is 0 Å². The zero-order valence-electron chi connectivity index (χ0n) is 15.4. The van der Waals surface area contributed by atoms with Crippen LogP contribution < -0.4 is 10.4 Å². The maximum absolute atomic E-state index is 12.5. The fraction of sp³-hybridized carbons (Fsp3) is 0.136. The van der Waals surface area contributed by atoms with Crippen LogP contribution in [0.25, 0.3) is 0 Å². The molecule has 3 rings (SSSR count). The molecule has 3 aromatic carbocycles. The number of para-hydroxylation sites is 1. The molecule has 0 unspecified atom stereocenters. The number of sulfone groups is 1. The number of amides is 1. The monoisotopic (exact) mass is 394 g/mol. The zero-order valence-corrected chi connectivity index (χ0v) is 16.2. The van der Waals surface area contributed by atoms with E-state index in [4.69, 9.17) is 0 Å². The predicted molar refractivity (Wildman–Crippen MR) is 110 cm³/mol. The minimum atomic E-state index is -3.49. The van der Waals surface area contributed by atoms with Crippen LogP contribution in [-0.4, -0.2) is 20.1 Å². The van der Waals surface area contributed by atoms with Crippen molar-refractivity contribution in [1.29, 1.82) is 0 Å². The Balaban J connectivity index is 1.67. The van der Waals surface area contributed by atoms with Crippen molar-refractivity contribution in [3.63, 3.8) is 0 Å². The summed E-state index contributed by atoms with van der Waals surface area (Å²) in [5.74, 6) is -0.587. The highest BCUT2D eigenvalue weighted by Gasteiger charge is 2.18. The Hall–Kier alpha value is -3.12. The second-order valence-corrected chi connectivity index (χ2v) is 8.43. The van der Waals surface area contributed by atoms with Crippen LogP contribution >= 0.6 is 0 Å². The SMILES string of the molecule is O=C(CCS(=O)(=O)c1ccccc1)NN(Cc1ccccc1)c1ccccc1. The number of rotatable bonds is 8. The van der Waals surface area contributed by atoms with Gasteiger partial charge in [0.05, 0.1) is 22.9 Å². The second kappa shape index (κ2) is 9.19. The Bertz CT molecular complexity index is 992. The molecule has 0 aromatic heterocycles. The van der Waals surface area contributed by atoms with E-state index in [1.54, 1.807) is 35.3 Å². The molecule has 0 atom stereocenters. The average molecular weight is 394 g/mol. The molecule has 0 aliphatic rings.